The Morgan fingerprint density at radius 3 is 2.67 bits per heavy atom. The number of aromatic amines is 1. The number of aromatic nitrogens is 2. The Labute approximate surface area is 189 Å². The van der Waals surface area contributed by atoms with Crippen LogP contribution in [0.25, 0.3) is 0 Å². The molecule has 4 N–H and O–H groups in total. The van der Waals surface area contributed by atoms with E-state index in [1.165, 1.54) is 24.3 Å². The molecule has 2 heterocycles. The minimum atomic E-state index is -0.791. The van der Waals surface area contributed by atoms with Crippen molar-refractivity contribution in [3.05, 3.63) is 93.4 Å². The number of halogens is 1. The maximum absolute atomic E-state index is 13.0. The van der Waals surface area contributed by atoms with E-state index >= 15 is 0 Å². The van der Waals surface area contributed by atoms with Gasteiger partial charge < -0.3 is 25.5 Å². The molecule has 2 atom stereocenters. The lowest BCUT2D eigenvalue weighted by Crippen LogP contribution is -2.38. The Morgan fingerprint density at radius 2 is 1.91 bits per heavy atom. The topological polar surface area (TPSA) is 116 Å². The van der Waals surface area contributed by atoms with E-state index in [2.05, 4.69) is 20.6 Å². The quantitative estimate of drug-likeness (QED) is 0.438. The predicted octanol–water partition coefficient (Wildman–Crippen LogP) is 2.55. The minimum absolute atomic E-state index is 0.0497. The first kappa shape index (κ1) is 22.6. The van der Waals surface area contributed by atoms with Crippen LogP contribution in [-0.4, -0.2) is 33.6 Å². The summed E-state index contributed by atoms with van der Waals surface area (Å²) in [5.74, 6) is -1.56. The largest absolute Gasteiger partial charge is 0.501 e. The molecule has 8 nitrogen and oxygen atoms in total. The van der Waals surface area contributed by atoms with Crippen LogP contribution in [0.3, 0.4) is 0 Å². The first-order valence-corrected chi connectivity index (χ1v) is 10.7. The second-order valence-corrected chi connectivity index (χ2v) is 7.91. The molecule has 1 saturated heterocycles. The van der Waals surface area contributed by atoms with Crippen LogP contribution < -0.4 is 16.2 Å². The average Bonchev–Trinajstić information content (AvgIpc) is 2.84. The second kappa shape index (κ2) is 10.4. The van der Waals surface area contributed by atoms with Crippen molar-refractivity contribution in [2.75, 3.05) is 6.54 Å². The number of amides is 1. The van der Waals surface area contributed by atoms with E-state index in [9.17, 15) is 19.1 Å². The van der Waals surface area contributed by atoms with Gasteiger partial charge in [0.2, 0.25) is 5.75 Å². The average molecular weight is 452 g/mol. The van der Waals surface area contributed by atoms with Gasteiger partial charge in [-0.2, -0.15) is 0 Å². The molecule has 0 saturated carbocycles. The van der Waals surface area contributed by atoms with E-state index in [-0.39, 0.29) is 36.0 Å². The maximum atomic E-state index is 13.0. The lowest BCUT2D eigenvalue weighted by Gasteiger charge is -2.30. The molecule has 0 spiro atoms. The summed E-state index contributed by atoms with van der Waals surface area (Å²) in [4.78, 5) is 31.7. The van der Waals surface area contributed by atoms with Gasteiger partial charge >= 0.3 is 0 Å². The van der Waals surface area contributed by atoms with Crippen LogP contribution in [-0.2, 0) is 17.9 Å². The predicted molar refractivity (Wildman–Crippen MR) is 119 cm³/mol. The first-order chi connectivity index (χ1) is 16.0. The van der Waals surface area contributed by atoms with Crippen molar-refractivity contribution >= 4 is 5.91 Å². The van der Waals surface area contributed by atoms with Crippen LogP contribution in [0.2, 0.25) is 0 Å². The van der Waals surface area contributed by atoms with Crippen molar-refractivity contribution in [2.24, 2.45) is 0 Å². The number of nitrogens with zero attached hydrogens (tertiary/aromatic N) is 1. The fourth-order valence-electron chi connectivity index (χ4n) is 3.71. The number of H-pyrrole nitrogens is 1. The van der Waals surface area contributed by atoms with Crippen molar-refractivity contribution in [1.29, 1.82) is 0 Å². The first-order valence-electron chi connectivity index (χ1n) is 10.7. The highest BCUT2D eigenvalue weighted by Crippen LogP contribution is 2.24. The molecule has 172 valence electrons. The van der Waals surface area contributed by atoms with Crippen molar-refractivity contribution in [3.8, 4) is 5.75 Å². The number of piperidine rings is 1. The fourth-order valence-corrected chi connectivity index (χ4v) is 3.71. The van der Waals surface area contributed by atoms with Gasteiger partial charge in [-0.05, 0) is 42.6 Å². The Kier molecular flexibility index (Phi) is 7.11. The molecule has 4 rings (SSSR count). The van der Waals surface area contributed by atoms with E-state index in [0.717, 1.165) is 12.0 Å². The Morgan fingerprint density at radius 1 is 1.15 bits per heavy atom. The zero-order chi connectivity index (χ0) is 23.2. The Hall–Kier alpha value is -3.56. The summed E-state index contributed by atoms with van der Waals surface area (Å²) < 4.78 is 19.1. The highest BCUT2D eigenvalue weighted by molar-refractivity contribution is 5.94. The molecule has 1 aromatic heterocycles. The minimum Gasteiger partial charge on any atom is -0.501 e. The molecule has 3 aromatic rings. The number of carbonyl (C=O) groups excluding carboxylic acids is 1. The molecule has 0 bridgehead atoms. The summed E-state index contributed by atoms with van der Waals surface area (Å²) >= 11 is 0. The van der Waals surface area contributed by atoms with Crippen molar-refractivity contribution in [1.82, 2.24) is 20.6 Å². The maximum Gasteiger partial charge on any atom is 0.293 e. The van der Waals surface area contributed by atoms with Crippen LogP contribution in [0.4, 0.5) is 4.39 Å². The third-order valence-corrected chi connectivity index (χ3v) is 5.51. The van der Waals surface area contributed by atoms with Crippen LogP contribution in [0.1, 0.15) is 46.3 Å². The molecule has 1 fully saturated rings. The monoisotopic (exact) mass is 452 g/mol. The van der Waals surface area contributed by atoms with E-state index in [1.807, 2.05) is 30.3 Å². The lowest BCUT2D eigenvalue weighted by atomic mass is 10.0. The van der Waals surface area contributed by atoms with E-state index in [4.69, 9.17) is 4.74 Å². The Balaban J connectivity index is 1.43. The van der Waals surface area contributed by atoms with Crippen molar-refractivity contribution < 1.29 is 19.0 Å². The zero-order valence-corrected chi connectivity index (χ0v) is 17.9. The number of benzene rings is 2. The van der Waals surface area contributed by atoms with E-state index < -0.39 is 17.2 Å². The summed E-state index contributed by atoms with van der Waals surface area (Å²) in [6.45, 7) is 1.23. The normalized spacial score (nSPS) is 18.1. The van der Waals surface area contributed by atoms with Gasteiger partial charge in [0.15, 0.2) is 5.69 Å². The number of hydrogen-bond acceptors (Lipinski definition) is 6. The van der Waals surface area contributed by atoms with Gasteiger partial charge in [0, 0.05) is 6.54 Å². The molecular formula is C24H25FN4O4. The number of carbonyl (C=O) groups is 1. The summed E-state index contributed by atoms with van der Waals surface area (Å²) in [5, 5.41) is 16.0. The lowest BCUT2D eigenvalue weighted by molar-refractivity contribution is 0.00968. The molecule has 9 heteroatoms. The van der Waals surface area contributed by atoms with Crippen molar-refractivity contribution in [2.45, 2.75) is 38.1 Å². The van der Waals surface area contributed by atoms with Gasteiger partial charge in [-0.1, -0.05) is 42.5 Å². The van der Waals surface area contributed by atoms with Crippen LogP contribution >= 0.6 is 0 Å². The van der Waals surface area contributed by atoms with Crippen LogP contribution in [0, 0.1) is 5.82 Å². The third kappa shape index (κ3) is 5.82. The third-order valence-electron chi connectivity index (χ3n) is 5.51. The smallest absolute Gasteiger partial charge is 0.293 e. The SMILES string of the molecule is O=C(NCc1ccc(F)cc1)c1nc(C2CC(OCc3ccccc3)CCN2)[nH]c(=O)c1O. The molecule has 1 amide bonds. The van der Waals surface area contributed by atoms with Crippen LogP contribution in [0.15, 0.2) is 59.4 Å². The molecule has 1 aliphatic rings. The Bertz CT molecular complexity index is 1150. The number of aromatic hydroxyl groups is 1. The van der Waals surface area contributed by atoms with Gasteiger partial charge in [-0.3, -0.25) is 9.59 Å². The fraction of sp³-hybridized carbons (Fsp3) is 0.292. The molecule has 2 unspecified atom stereocenters. The summed E-state index contributed by atoms with van der Waals surface area (Å²) in [5.41, 5.74) is 0.594. The molecule has 0 aliphatic carbocycles. The van der Waals surface area contributed by atoms with Gasteiger partial charge in [0.1, 0.15) is 11.6 Å². The number of nitrogens with one attached hydrogen (secondary N) is 3. The van der Waals surface area contributed by atoms with Gasteiger partial charge in [0.25, 0.3) is 11.5 Å². The molecule has 2 aromatic carbocycles. The van der Waals surface area contributed by atoms with Gasteiger partial charge in [0.05, 0.1) is 18.8 Å². The number of ether oxygens (including phenoxy) is 1. The number of hydrogen-bond donors (Lipinski definition) is 4. The zero-order valence-electron chi connectivity index (χ0n) is 17.9. The molecule has 33 heavy (non-hydrogen) atoms. The van der Waals surface area contributed by atoms with Crippen LogP contribution in [0.5, 0.6) is 5.75 Å². The standard InChI is InChI=1S/C24H25FN4O4/c25-17-8-6-15(7-9-17)13-27-23(31)20-21(30)24(32)29-22(28-20)19-12-18(10-11-26-19)33-14-16-4-2-1-3-5-16/h1-9,18-19,26,30H,10-14H2,(H,27,31)(H,28,29,32). The molecule has 0 radical (unpaired) electrons. The van der Waals surface area contributed by atoms with E-state index in [1.54, 1.807) is 0 Å². The summed E-state index contributed by atoms with van der Waals surface area (Å²) in [7, 11) is 0. The summed E-state index contributed by atoms with van der Waals surface area (Å²) in [6, 6.07) is 15.2. The molecular weight excluding hydrogens is 427 g/mol. The van der Waals surface area contributed by atoms with Gasteiger partial charge in [-0.25, -0.2) is 9.37 Å². The molecule has 1 aliphatic heterocycles. The van der Waals surface area contributed by atoms with Crippen molar-refractivity contribution in [3.63, 3.8) is 0 Å². The number of rotatable bonds is 7. The van der Waals surface area contributed by atoms with Gasteiger partial charge in [-0.15, -0.1) is 0 Å². The summed E-state index contributed by atoms with van der Waals surface area (Å²) in [6.07, 6.45) is 1.31. The van der Waals surface area contributed by atoms with E-state index in [0.29, 0.717) is 25.1 Å². The highest BCUT2D eigenvalue weighted by Gasteiger charge is 2.27. The highest BCUT2D eigenvalue weighted by atomic mass is 19.1. The second-order valence-electron chi connectivity index (χ2n) is 7.91.